The van der Waals surface area contributed by atoms with Gasteiger partial charge in [-0.15, -0.1) is 0 Å². The zero-order valence-electron chi connectivity index (χ0n) is 12.2. The van der Waals surface area contributed by atoms with Crippen molar-refractivity contribution in [3.05, 3.63) is 29.1 Å². The van der Waals surface area contributed by atoms with E-state index >= 15 is 0 Å². The van der Waals surface area contributed by atoms with Crippen LogP contribution in [0.25, 0.3) is 0 Å². The zero-order chi connectivity index (χ0) is 15.8. The maximum absolute atomic E-state index is 12.0. The van der Waals surface area contributed by atoms with Crippen LogP contribution >= 0.6 is 0 Å². The highest BCUT2D eigenvalue weighted by Crippen LogP contribution is 2.17. The number of esters is 3. The Morgan fingerprint density at radius 1 is 0.905 bits per heavy atom. The van der Waals surface area contributed by atoms with Gasteiger partial charge in [-0.3, -0.25) is 0 Å². The van der Waals surface area contributed by atoms with Crippen LogP contribution in [-0.4, -0.2) is 42.7 Å². The molecule has 7 heteroatoms. The van der Waals surface area contributed by atoms with Gasteiger partial charge in [-0.25, -0.2) is 19.4 Å². The fraction of sp³-hybridized carbons (Fsp3) is 0.429. The first kappa shape index (κ1) is 16.6. The highest BCUT2D eigenvalue weighted by atomic mass is 16.5. The van der Waals surface area contributed by atoms with Gasteiger partial charge >= 0.3 is 17.9 Å². The first-order valence-corrected chi connectivity index (χ1v) is 6.57. The predicted octanol–water partition coefficient (Wildman–Crippen LogP) is 1.61. The van der Waals surface area contributed by atoms with E-state index in [0.717, 1.165) is 0 Å². The lowest BCUT2D eigenvalue weighted by Gasteiger charge is -2.11. The topological polar surface area (TPSA) is 91.8 Å². The van der Waals surface area contributed by atoms with Gasteiger partial charge in [-0.05, 0) is 26.8 Å². The van der Waals surface area contributed by atoms with Crippen LogP contribution in [0.4, 0.5) is 0 Å². The molecular formula is C14H17NO6. The van der Waals surface area contributed by atoms with Crippen LogP contribution in [0.2, 0.25) is 0 Å². The largest absolute Gasteiger partial charge is 0.462 e. The van der Waals surface area contributed by atoms with Crippen LogP contribution in [0.5, 0.6) is 0 Å². The van der Waals surface area contributed by atoms with Crippen LogP contribution in [0, 0.1) is 0 Å². The quantitative estimate of drug-likeness (QED) is 0.581. The van der Waals surface area contributed by atoms with Gasteiger partial charge in [-0.2, -0.15) is 0 Å². The number of pyridine rings is 1. The summed E-state index contributed by atoms with van der Waals surface area (Å²) in [7, 11) is 0. The number of hydrogen-bond donors (Lipinski definition) is 0. The van der Waals surface area contributed by atoms with Crippen molar-refractivity contribution >= 4 is 17.9 Å². The fourth-order valence-electron chi connectivity index (χ4n) is 1.60. The molecule has 0 amide bonds. The van der Waals surface area contributed by atoms with E-state index in [-0.39, 0.29) is 36.6 Å². The van der Waals surface area contributed by atoms with E-state index in [1.807, 2.05) is 0 Å². The van der Waals surface area contributed by atoms with Crippen molar-refractivity contribution in [3.63, 3.8) is 0 Å². The lowest BCUT2D eigenvalue weighted by Crippen LogP contribution is -2.21. The molecule has 0 atom stereocenters. The van der Waals surface area contributed by atoms with Gasteiger partial charge in [0, 0.05) is 6.20 Å². The van der Waals surface area contributed by atoms with E-state index < -0.39 is 17.9 Å². The van der Waals surface area contributed by atoms with E-state index in [1.165, 1.54) is 12.3 Å². The summed E-state index contributed by atoms with van der Waals surface area (Å²) in [6.45, 7) is 5.22. The Kier molecular flexibility index (Phi) is 6.32. The molecule has 0 aliphatic rings. The number of rotatable bonds is 6. The highest BCUT2D eigenvalue weighted by Gasteiger charge is 2.28. The van der Waals surface area contributed by atoms with Crippen molar-refractivity contribution in [2.45, 2.75) is 20.8 Å². The molecule has 0 aromatic carbocycles. The maximum atomic E-state index is 12.0. The number of carbonyl (C=O) groups is 3. The SMILES string of the molecule is CCOC(=O)c1ccnc(C(=O)OCC)c1C(=O)OCC. The van der Waals surface area contributed by atoms with Crippen molar-refractivity contribution in [2.24, 2.45) is 0 Å². The molecule has 0 aliphatic heterocycles. The summed E-state index contributed by atoms with van der Waals surface area (Å²) < 4.78 is 14.6. The predicted molar refractivity (Wildman–Crippen MR) is 72.1 cm³/mol. The van der Waals surface area contributed by atoms with Gasteiger partial charge in [0.1, 0.15) is 5.56 Å². The van der Waals surface area contributed by atoms with Crippen LogP contribution in [0.15, 0.2) is 12.3 Å². The Hall–Kier alpha value is -2.44. The van der Waals surface area contributed by atoms with Crippen LogP contribution < -0.4 is 0 Å². The minimum absolute atomic E-state index is 0.0756. The molecule has 1 aromatic rings. The molecule has 1 rings (SSSR count). The summed E-state index contributed by atoms with van der Waals surface area (Å²) in [6, 6.07) is 1.30. The molecule has 1 heterocycles. The second kappa shape index (κ2) is 7.98. The summed E-state index contributed by atoms with van der Waals surface area (Å²) in [5, 5.41) is 0. The smallest absolute Gasteiger partial charge is 0.357 e. The van der Waals surface area contributed by atoms with Crippen molar-refractivity contribution in [1.82, 2.24) is 4.98 Å². The first-order valence-electron chi connectivity index (χ1n) is 6.57. The number of carbonyl (C=O) groups excluding carboxylic acids is 3. The van der Waals surface area contributed by atoms with E-state index in [9.17, 15) is 14.4 Å². The number of hydrogen-bond acceptors (Lipinski definition) is 7. The lowest BCUT2D eigenvalue weighted by molar-refractivity contribution is 0.0454. The summed E-state index contributed by atoms with van der Waals surface area (Å²) in [5.41, 5.74) is -0.578. The first-order chi connectivity index (χ1) is 10.1. The molecule has 1 aromatic heterocycles. The molecule has 0 spiro atoms. The molecule has 0 saturated carbocycles. The van der Waals surface area contributed by atoms with Crippen LogP contribution in [0.1, 0.15) is 52.0 Å². The Bertz CT molecular complexity index is 504. The Balaban J connectivity index is 3.37. The van der Waals surface area contributed by atoms with Crippen molar-refractivity contribution in [1.29, 1.82) is 0 Å². The number of nitrogens with zero attached hydrogens (tertiary/aromatic N) is 1. The molecule has 0 fully saturated rings. The average molecular weight is 295 g/mol. The Morgan fingerprint density at radius 3 is 2.00 bits per heavy atom. The van der Waals surface area contributed by atoms with Gasteiger partial charge in [0.05, 0.1) is 25.4 Å². The molecule has 0 radical (unpaired) electrons. The van der Waals surface area contributed by atoms with E-state index in [2.05, 4.69) is 4.98 Å². The summed E-state index contributed by atoms with van der Waals surface area (Å²) in [6.07, 6.45) is 1.24. The second-order valence-corrected chi connectivity index (χ2v) is 3.74. The van der Waals surface area contributed by atoms with E-state index in [1.54, 1.807) is 20.8 Å². The molecule has 0 bridgehead atoms. The highest BCUT2D eigenvalue weighted by molar-refractivity contribution is 6.09. The second-order valence-electron chi connectivity index (χ2n) is 3.74. The minimum atomic E-state index is -0.822. The minimum Gasteiger partial charge on any atom is -0.462 e. The van der Waals surface area contributed by atoms with E-state index in [0.29, 0.717) is 0 Å². The lowest BCUT2D eigenvalue weighted by atomic mass is 10.1. The Labute approximate surface area is 122 Å². The molecule has 0 aliphatic carbocycles. The van der Waals surface area contributed by atoms with Crippen LogP contribution in [0.3, 0.4) is 0 Å². The van der Waals surface area contributed by atoms with Gasteiger partial charge in [-0.1, -0.05) is 0 Å². The molecule has 114 valence electrons. The third-order valence-electron chi connectivity index (χ3n) is 2.39. The standard InChI is InChI=1S/C14H17NO6/c1-4-19-12(16)9-7-8-15-11(14(18)21-6-3)10(9)13(17)20-5-2/h7-8H,4-6H2,1-3H3. The summed E-state index contributed by atoms with van der Waals surface area (Å²) in [5.74, 6) is -2.35. The fourth-order valence-corrected chi connectivity index (χ4v) is 1.60. The van der Waals surface area contributed by atoms with Gasteiger partial charge in [0.2, 0.25) is 0 Å². The number of ether oxygens (including phenoxy) is 3. The summed E-state index contributed by atoms with van der Waals surface area (Å²) >= 11 is 0. The molecule has 21 heavy (non-hydrogen) atoms. The normalized spacial score (nSPS) is 9.86. The molecule has 0 saturated heterocycles. The van der Waals surface area contributed by atoms with Crippen molar-refractivity contribution in [3.8, 4) is 0 Å². The van der Waals surface area contributed by atoms with Crippen molar-refractivity contribution in [2.75, 3.05) is 19.8 Å². The third-order valence-corrected chi connectivity index (χ3v) is 2.39. The molecule has 0 N–H and O–H groups in total. The number of aromatic nitrogens is 1. The average Bonchev–Trinajstić information content (AvgIpc) is 2.47. The summed E-state index contributed by atoms with van der Waals surface area (Å²) in [4.78, 5) is 39.6. The van der Waals surface area contributed by atoms with Crippen molar-refractivity contribution < 1.29 is 28.6 Å². The third kappa shape index (κ3) is 4.01. The van der Waals surface area contributed by atoms with E-state index in [4.69, 9.17) is 14.2 Å². The van der Waals surface area contributed by atoms with Gasteiger partial charge in [0.25, 0.3) is 0 Å². The Morgan fingerprint density at radius 2 is 1.43 bits per heavy atom. The maximum Gasteiger partial charge on any atom is 0.357 e. The molecular weight excluding hydrogens is 278 g/mol. The van der Waals surface area contributed by atoms with Gasteiger partial charge in [0.15, 0.2) is 5.69 Å². The molecule has 7 nitrogen and oxygen atoms in total. The van der Waals surface area contributed by atoms with Crippen LogP contribution in [-0.2, 0) is 14.2 Å². The van der Waals surface area contributed by atoms with Gasteiger partial charge < -0.3 is 14.2 Å². The monoisotopic (exact) mass is 295 g/mol. The molecule has 0 unspecified atom stereocenters. The zero-order valence-corrected chi connectivity index (χ0v) is 12.2.